The fourth-order valence-corrected chi connectivity index (χ4v) is 6.13. The molecule has 98 valence electrons. The van der Waals surface area contributed by atoms with Crippen LogP contribution in [0.1, 0.15) is 18.1 Å². The molecule has 3 rings (SSSR count). The molecule has 0 spiro atoms. The average molecular weight is 288 g/mol. The molecule has 19 heavy (non-hydrogen) atoms. The van der Waals surface area contributed by atoms with Crippen LogP contribution in [0.2, 0.25) is 0 Å². The summed E-state index contributed by atoms with van der Waals surface area (Å²) in [6, 6.07) is 20.7. The maximum Gasteiger partial charge on any atom is 0.103 e. The smallest absolute Gasteiger partial charge is 0.103 e. The first-order valence-electron chi connectivity index (χ1n) is 6.39. The van der Waals surface area contributed by atoms with Gasteiger partial charge in [0.15, 0.2) is 0 Å². The van der Waals surface area contributed by atoms with Gasteiger partial charge in [-0.05, 0) is 18.1 Å². The number of aliphatic hydroxyl groups is 1. The summed E-state index contributed by atoms with van der Waals surface area (Å²) >= 11 is 0. The van der Waals surface area contributed by atoms with Crippen molar-refractivity contribution in [3.63, 3.8) is 0 Å². The molecule has 2 atom stereocenters. The average Bonchev–Trinajstić information content (AvgIpc) is 2.78. The van der Waals surface area contributed by atoms with Crippen molar-refractivity contribution in [3.05, 3.63) is 71.8 Å². The van der Waals surface area contributed by atoms with Crippen molar-refractivity contribution in [2.24, 2.45) is 0 Å². The monoisotopic (exact) mass is 288 g/mol. The van der Waals surface area contributed by atoms with E-state index in [0.717, 1.165) is 0 Å². The summed E-state index contributed by atoms with van der Waals surface area (Å²) in [5.74, 6) is 0. The standard InChI is InChI=1S/C16H16OS2/c1-12-15(17)16(19-18-12,13-8-4-2-5-9-13)14-10-6-3-7-11-14/h2-12,15,17H,1H3/t12-,15-/m0/s1. The summed E-state index contributed by atoms with van der Waals surface area (Å²) in [6.45, 7) is 2.09. The van der Waals surface area contributed by atoms with E-state index in [4.69, 9.17) is 0 Å². The Bertz CT molecular complexity index is 502. The molecule has 1 N–H and O–H groups in total. The highest BCUT2D eigenvalue weighted by Crippen LogP contribution is 2.60. The van der Waals surface area contributed by atoms with Gasteiger partial charge in [0, 0.05) is 5.25 Å². The Morgan fingerprint density at radius 1 is 0.895 bits per heavy atom. The second-order valence-electron chi connectivity index (χ2n) is 4.80. The van der Waals surface area contributed by atoms with Crippen LogP contribution in [-0.4, -0.2) is 16.5 Å². The molecule has 1 heterocycles. The van der Waals surface area contributed by atoms with Crippen molar-refractivity contribution < 1.29 is 5.11 Å². The van der Waals surface area contributed by atoms with Crippen molar-refractivity contribution >= 4 is 21.6 Å². The lowest BCUT2D eigenvalue weighted by Crippen LogP contribution is -2.38. The Morgan fingerprint density at radius 2 is 1.37 bits per heavy atom. The SMILES string of the molecule is C[C@@H]1SSC(c2ccccc2)(c2ccccc2)[C@H]1O. The van der Waals surface area contributed by atoms with E-state index in [9.17, 15) is 5.11 Å². The van der Waals surface area contributed by atoms with Crippen molar-refractivity contribution in [2.45, 2.75) is 23.0 Å². The highest BCUT2D eigenvalue weighted by molar-refractivity contribution is 8.77. The van der Waals surface area contributed by atoms with E-state index in [1.54, 1.807) is 21.6 Å². The summed E-state index contributed by atoms with van der Waals surface area (Å²) in [7, 11) is 3.55. The second kappa shape index (κ2) is 5.23. The molecular weight excluding hydrogens is 272 g/mol. The summed E-state index contributed by atoms with van der Waals surface area (Å²) in [5.41, 5.74) is 2.35. The molecule has 0 radical (unpaired) electrons. The maximum absolute atomic E-state index is 10.8. The van der Waals surface area contributed by atoms with Crippen LogP contribution in [0.15, 0.2) is 60.7 Å². The van der Waals surface area contributed by atoms with Gasteiger partial charge in [0.1, 0.15) is 4.75 Å². The quantitative estimate of drug-likeness (QED) is 0.841. The van der Waals surface area contributed by atoms with Crippen LogP contribution < -0.4 is 0 Å². The summed E-state index contributed by atoms with van der Waals surface area (Å²) in [6.07, 6.45) is -0.382. The fraction of sp³-hybridized carbons (Fsp3) is 0.250. The highest BCUT2D eigenvalue weighted by atomic mass is 33.1. The molecule has 1 aliphatic rings. The second-order valence-corrected chi connectivity index (χ2v) is 7.62. The molecule has 3 heteroatoms. The molecule has 0 amide bonds. The van der Waals surface area contributed by atoms with Crippen LogP contribution >= 0.6 is 21.6 Å². The van der Waals surface area contributed by atoms with Crippen LogP contribution in [0.25, 0.3) is 0 Å². The van der Waals surface area contributed by atoms with Gasteiger partial charge in [0.05, 0.1) is 6.10 Å². The molecule has 1 saturated heterocycles. The van der Waals surface area contributed by atoms with Crippen LogP contribution in [-0.2, 0) is 4.75 Å². The third-order valence-electron chi connectivity index (χ3n) is 3.60. The largest absolute Gasteiger partial charge is 0.390 e. The predicted octanol–water partition coefficient (Wildman–Crippen LogP) is 4.07. The topological polar surface area (TPSA) is 20.2 Å². The lowest BCUT2D eigenvalue weighted by Gasteiger charge is -2.33. The fourth-order valence-electron chi connectivity index (χ4n) is 2.56. The normalized spacial score (nSPS) is 25.4. The third kappa shape index (κ3) is 2.10. The number of aliphatic hydroxyl groups excluding tert-OH is 1. The molecule has 2 aromatic carbocycles. The van der Waals surface area contributed by atoms with Gasteiger partial charge in [-0.25, -0.2) is 0 Å². The van der Waals surface area contributed by atoms with Crippen molar-refractivity contribution in [3.8, 4) is 0 Å². The third-order valence-corrected chi connectivity index (χ3v) is 7.22. The molecule has 1 fully saturated rings. The van der Waals surface area contributed by atoms with E-state index < -0.39 is 0 Å². The molecule has 0 saturated carbocycles. The van der Waals surface area contributed by atoms with E-state index >= 15 is 0 Å². The minimum absolute atomic E-state index is 0.227. The molecule has 0 aliphatic carbocycles. The number of hydrogen-bond acceptors (Lipinski definition) is 3. The minimum atomic E-state index is -0.382. The zero-order valence-corrected chi connectivity index (χ0v) is 12.3. The first kappa shape index (κ1) is 13.1. The Kier molecular flexibility index (Phi) is 3.61. The molecule has 1 aliphatic heterocycles. The number of hydrogen-bond donors (Lipinski definition) is 1. The van der Waals surface area contributed by atoms with Crippen LogP contribution in [0.4, 0.5) is 0 Å². The van der Waals surface area contributed by atoms with Crippen LogP contribution in [0, 0.1) is 0 Å². The Labute approximate surface area is 121 Å². The van der Waals surface area contributed by atoms with Gasteiger partial charge in [-0.2, -0.15) is 0 Å². The molecule has 2 aromatic rings. The molecular formula is C16H16OS2. The lowest BCUT2D eigenvalue weighted by molar-refractivity contribution is 0.148. The van der Waals surface area contributed by atoms with Crippen molar-refractivity contribution in [2.75, 3.05) is 0 Å². The van der Waals surface area contributed by atoms with E-state index in [2.05, 4.69) is 31.2 Å². The van der Waals surface area contributed by atoms with Gasteiger partial charge in [0.2, 0.25) is 0 Å². The van der Waals surface area contributed by atoms with Crippen LogP contribution in [0.3, 0.4) is 0 Å². The zero-order chi connectivity index (χ0) is 13.3. The maximum atomic E-state index is 10.8. The summed E-state index contributed by atoms with van der Waals surface area (Å²) in [4.78, 5) is 0. The Hall–Kier alpha value is -0.900. The molecule has 0 unspecified atom stereocenters. The first-order valence-corrected chi connectivity index (χ1v) is 8.60. The zero-order valence-electron chi connectivity index (χ0n) is 10.7. The van der Waals surface area contributed by atoms with Gasteiger partial charge in [-0.3, -0.25) is 0 Å². The van der Waals surface area contributed by atoms with Gasteiger partial charge in [-0.15, -0.1) is 0 Å². The highest BCUT2D eigenvalue weighted by Gasteiger charge is 2.50. The van der Waals surface area contributed by atoms with Gasteiger partial charge < -0.3 is 5.11 Å². The molecule has 1 nitrogen and oxygen atoms in total. The lowest BCUT2D eigenvalue weighted by atomic mass is 9.84. The van der Waals surface area contributed by atoms with Gasteiger partial charge in [-0.1, -0.05) is 82.3 Å². The van der Waals surface area contributed by atoms with E-state index in [1.165, 1.54) is 11.1 Å². The van der Waals surface area contributed by atoms with Crippen LogP contribution in [0.5, 0.6) is 0 Å². The van der Waals surface area contributed by atoms with Crippen molar-refractivity contribution in [1.29, 1.82) is 0 Å². The van der Waals surface area contributed by atoms with E-state index in [0.29, 0.717) is 0 Å². The van der Waals surface area contributed by atoms with E-state index in [1.807, 2.05) is 36.4 Å². The van der Waals surface area contributed by atoms with Gasteiger partial charge in [0.25, 0.3) is 0 Å². The Morgan fingerprint density at radius 3 is 1.74 bits per heavy atom. The molecule has 0 bridgehead atoms. The number of benzene rings is 2. The summed E-state index contributed by atoms with van der Waals surface area (Å²) in [5, 5.41) is 11.0. The van der Waals surface area contributed by atoms with Gasteiger partial charge >= 0.3 is 0 Å². The molecule has 0 aromatic heterocycles. The summed E-state index contributed by atoms with van der Waals surface area (Å²) < 4.78 is -0.355. The number of rotatable bonds is 2. The first-order chi connectivity index (χ1) is 9.25. The van der Waals surface area contributed by atoms with Crippen molar-refractivity contribution in [1.82, 2.24) is 0 Å². The predicted molar refractivity (Wildman–Crippen MR) is 84.3 cm³/mol. The Balaban J connectivity index is 2.18. The minimum Gasteiger partial charge on any atom is -0.390 e. The van der Waals surface area contributed by atoms with E-state index in [-0.39, 0.29) is 16.1 Å².